The van der Waals surface area contributed by atoms with Crippen molar-refractivity contribution in [2.75, 3.05) is 14.2 Å². The van der Waals surface area contributed by atoms with Crippen LogP contribution < -0.4 is 10.1 Å². The molecule has 1 aromatic carbocycles. The normalized spacial score (nSPS) is 9.81. The highest BCUT2D eigenvalue weighted by atomic mass is 16.5. The molecule has 0 aromatic heterocycles. The van der Waals surface area contributed by atoms with Crippen LogP contribution in [0.15, 0.2) is 24.3 Å². The average Bonchev–Trinajstić information content (AvgIpc) is 2.45. The lowest BCUT2D eigenvalue weighted by Gasteiger charge is -2.17. The molecule has 7 heteroatoms. The number of benzene rings is 1. The van der Waals surface area contributed by atoms with Gasteiger partial charge in [-0.15, -0.1) is 0 Å². The van der Waals surface area contributed by atoms with Crippen LogP contribution in [0.25, 0.3) is 0 Å². The third-order valence-corrected chi connectivity index (χ3v) is 2.71. The fraction of sp³-hybridized carbons (Fsp3) is 0.357. The van der Waals surface area contributed by atoms with Crippen molar-refractivity contribution in [2.24, 2.45) is 0 Å². The minimum absolute atomic E-state index is 0.228. The molecule has 0 saturated carbocycles. The largest absolute Gasteiger partial charge is 0.497 e. The molecule has 0 spiro atoms. The lowest BCUT2D eigenvalue weighted by Crippen LogP contribution is -2.40. The zero-order chi connectivity index (χ0) is 15.8. The summed E-state index contributed by atoms with van der Waals surface area (Å²) in [6, 6.07) is 6.64. The number of aliphatic carboxylic acids is 1. The first-order valence-electron chi connectivity index (χ1n) is 6.32. The fourth-order valence-corrected chi connectivity index (χ4v) is 1.61. The molecule has 114 valence electrons. The lowest BCUT2D eigenvalue weighted by molar-refractivity contribution is -0.138. The number of imide groups is 1. The van der Waals surface area contributed by atoms with Crippen molar-refractivity contribution in [3.05, 3.63) is 29.8 Å². The third-order valence-electron chi connectivity index (χ3n) is 2.71. The number of carbonyl (C=O) groups is 3. The van der Waals surface area contributed by atoms with Crippen LogP contribution in [0.1, 0.15) is 18.4 Å². The van der Waals surface area contributed by atoms with Crippen molar-refractivity contribution in [2.45, 2.75) is 19.4 Å². The highest BCUT2D eigenvalue weighted by Crippen LogP contribution is 2.13. The van der Waals surface area contributed by atoms with E-state index in [0.717, 1.165) is 5.56 Å². The van der Waals surface area contributed by atoms with E-state index in [9.17, 15) is 14.4 Å². The smallest absolute Gasteiger partial charge is 0.324 e. The van der Waals surface area contributed by atoms with Gasteiger partial charge >= 0.3 is 12.0 Å². The third kappa shape index (κ3) is 5.94. The number of carbonyl (C=O) groups excluding carboxylic acids is 2. The second-order valence-electron chi connectivity index (χ2n) is 4.45. The minimum Gasteiger partial charge on any atom is -0.497 e. The summed E-state index contributed by atoms with van der Waals surface area (Å²) in [4.78, 5) is 34.8. The number of carboxylic acid groups (broad SMARTS) is 1. The number of rotatable bonds is 6. The van der Waals surface area contributed by atoms with E-state index >= 15 is 0 Å². The first kappa shape index (κ1) is 16.5. The summed E-state index contributed by atoms with van der Waals surface area (Å²) in [5.74, 6) is -1.01. The Morgan fingerprint density at radius 2 is 2.00 bits per heavy atom. The molecule has 0 radical (unpaired) electrons. The molecular weight excluding hydrogens is 276 g/mol. The Bertz CT molecular complexity index is 530. The maximum Gasteiger partial charge on any atom is 0.324 e. The molecule has 0 fully saturated rings. The Morgan fingerprint density at radius 1 is 1.29 bits per heavy atom. The number of methoxy groups -OCH3 is 1. The number of hydrogen-bond acceptors (Lipinski definition) is 4. The van der Waals surface area contributed by atoms with Crippen LogP contribution in [0.3, 0.4) is 0 Å². The molecule has 0 aliphatic carbocycles. The standard InChI is InChI=1S/C14H18N2O5/c1-16(9-10-4-3-5-11(8-10)21-2)14(20)15-12(17)6-7-13(18)19/h3-5,8H,6-7,9H2,1-2H3,(H,18,19)(H,15,17,20). The SMILES string of the molecule is COc1cccc(CN(C)C(=O)NC(=O)CCC(=O)O)c1. The Kier molecular flexibility index (Phi) is 6.19. The molecule has 0 aliphatic rings. The number of carboxylic acids is 1. The van der Waals surface area contributed by atoms with Crippen molar-refractivity contribution in [3.8, 4) is 5.75 Å². The molecule has 0 aliphatic heterocycles. The van der Waals surface area contributed by atoms with Crippen LogP contribution in [-0.4, -0.2) is 42.1 Å². The van der Waals surface area contributed by atoms with Gasteiger partial charge in [-0.05, 0) is 17.7 Å². The molecule has 1 rings (SSSR count). The van der Waals surface area contributed by atoms with Crippen LogP contribution in [0.4, 0.5) is 4.79 Å². The van der Waals surface area contributed by atoms with E-state index in [0.29, 0.717) is 12.3 Å². The van der Waals surface area contributed by atoms with Gasteiger partial charge in [0.25, 0.3) is 0 Å². The van der Waals surface area contributed by atoms with Gasteiger partial charge in [0.15, 0.2) is 0 Å². The van der Waals surface area contributed by atoms with E-state index in [1.807, 2.05) is 6.07 Å². The van der Waals surface area contributed by atoms with Gasteiger partial charge in [-0.1, -0.05) is 12.1 Å². The second kappa shape index (κ2) is 7.88. The molecule has 0 bridgehead atoms. The summed E-state index contributed by atoms with van der Waals surface area (Å²) >= 11 is 0. The molecule has 1 aromatic rings. The Balaban J connectivity index is 2.50. The van der Waals surface area contributed by atoms with E-state index in [4.69, 9.17) is 9.84 Å². The van der Waals surface area contributed by atoms with Gasteiger partial charge < -0.3 is 14.7 Å². The maximum atomic E-state index is 11.8. The van der Waals surface area contributed by atoms with Gasteiger partial charge in [0.1, 0.15) is 5.75 Å². The number of amides is 3. The summed E-state index contributed by atoms with van der Waals surface area (Å²) in [5.41, 5.74) is 0.852. The van der Waals surface area contributed by atoms with Crippen molar-refractivity contribution in [1.29, 1.82) is 0 Å². The predicted molar refractivity (Wildman–Crippen MR) is 74.9 cm³/mol. The lowest BCUT2D eigenvalue weighted by atomic mass is 10.2. The van der Waals surface area contributed by atoms with Crippen LogP contribution in [0, 0.1) is 0 Å². The first-order valence-corrected chi connectivity index (χ1v) is 6.32. The molecule has 2 N–H and O–H groups in total. The summed E-state index contributed by atoms with van der Waals surface area (Å²) < 4.78 is 5.09. The molecule has 21 heavy (non-hydrogen) atoms. The predicted octanol–water partition coefficient (Wildman–Crippen LogP) is 1.23. The monoisotopic (exact) mass is 294 g/mol. The molecule has 7 nitrogen and oxygen atoms in total. The Morgan fingerprint density at radius 3 is 2.62 bits per heavy atom. The van der Waals surface area contributed by atoms with Crippen LogP contribution in [0.5, 0.6) is 5.75 Å². The second-order valence-corrected chi connectivity index (χ2v) is 4.45. The van der Waals surface area contributed by atoms with Crippen molar-refractivity contribution in [1.82, 2.24) is 10.2 Å². The number of ether oxygens (including phenoxy) is 1. The highest BCUT2D eigenvalue weighted by Gasteiger charge is 2.14. The number of hydrogen-bond donors (Lipinski definition) is 2. The van der Waals surface area contributed by atoms with Crippen molar-refractivity contribution >= 4 is 17.9 Å². The van der Waals surface area contributed by atoms with Crippen LogP contribution in [0.2, 0.25) is 0 Å². The maximum absolute atomic E-state index is 11.8. The van der Waals surface area contributed by atoms with Crippen LogP contribution >= 0.6 is 0 Å². The van der Waals surface area contributed by atoms with E-state index in [1.165, 1.54) is 4.90 Å². The van der Waals surface area contributed by atoms with Gasteiger partial charge in [-0.2, -0.15) is 0 Å². The van der Waals surface area contributed by atoms with Crippen molar-refractivity contribution < 1.29 is 24.2 Å². The van der Waals surface area contributed by atoms with E-state index in [2.05, 4.69) is 5.32 Å². The number of urea groups is 1. The Labute approximate surface area is 122 Å². The zero-order valence-corrected chi connectivity index (χ0v) is 12.0. The summed E-state index contributed by atoms with van der Waals surface area (Å²) in [6.45, 7) is 0.301. The quantitative estimate of drug-likeness (QED) is 0.822. The number of nitrogens with one attached hydrogen (secondary N) is 1. The molecule has 3 amide bonds. The van der Waals surface area contributed by atoms with E-state index < -0.39 is 17.9 Å². The molecule has 0 unspecified atom stereocenters. The molecular formula is C14H18N2O5. The highest BCUT2D eigenvalue weighted by molar-refractivity contribution is 5.95. The van der Waals surface area contributed by atoms with Gasteiger partial charge in [0.05, 0.1) is 13.5 Å². The molecule has 0 heterocycles. The number of nitrogens with zero attached hydrogens (tertiary/aromatic N) is 1. The summed E-state index contributed by atoms with van der Waals surface area (Å²) in [7, 11) is 3.09. The van der Waals surface area contributed by atoms with Crippen molar-refractivity contribution in [3.63, 3.8) is 0 Å². The van der Waals surface area contributed by atoms with E-state index in [1.54, 1.807) is 32.4 Å². The minimum atomic E-state index is -1.08. The summed E-state index contributed by atoms with van der Waals surface area (Å²) in [5, 5.41) is 10.6. The first-order chi connectivity index (χ1) is 9.92. The molecule has 0 saturated heterocycles. The van der Waals surface area contributed by atoms with Gasteiger partial charge in [0, 0.05) is 20.0 Å². The van der Waals surface area contributed by atoms with Gasteiger partial charge in [0.2, 0.25) is 5.91 Å². The van der Waals surface area contributed by atoms with Gasteiger partial charge in [-0.25, -0.2) is 4.79 Å². The van der Waals surface area contributed by atoms with E-state index in [-0.39, 0.29) is 12.8 Å². The zero-order valence-electron chi connectivity index (χ0n) is 12.0. The summed E-state index contributed by atoms with van der Waals surface area (Å²) in [6.07, 6.45) is -0.535. The Hall–Kier alpha value is -2.57. The average molecular weight is 294 g/mol. The van der Waals surface area contributed by atoms with Gasteiger partial charge in [-0.3, -0.25) is 14.9 Å². The molecule has 0 atom stereocenters. The topological polar surface area (TPSA) is 95.9 Å². The fourth-order valence-electron chi connectivity index (χ4n) is 1.61. The van der Waals surface area contributed by atoms with Crippen LogP contribution in [-0.2, 0) is 16.1 Å².